The van der Waals surface area contributed by atoms with Gasteiger partial charge >= 0.3 is 0 Å². The number of hydrogen-bond acceptors (Lipinski definition) is 1. The zero-order valence-corrected chi connectivity index (χ0v) is 7.55. The zero-order chi connectivity index (χ0) is 10.0. The predicted molar refractivity (Wildman–Crippen MR) is 44.8 cm³/mol. The van der Waals surface area contributed by atoms with E-state index in [0.29, 0.717) is 6.54 Å². The van der Waals surface area contributed by atoms with Gasteiger partial charge in [0.1, 0.15) is 5.69 Å². The lowest BCUT2D eigenvalue weighted by Crippen LogP contribution is -2.18. The monoisotopic (exact) mass is 190 g/mol. The minimum atomic E-state index is -2.61. The Morgan fingerprint density at radius 1 is 1.54 bits per heavy atom. The van der Waals surface area contributed by atoms with Gasteiger partial charge in [0.25, 0.3) is 12.0 Å². The number of nitrogens with zero attached hydrogens (tertiary/aromatic N) is 1. The molecule has 0 aliphatic heterocycles. The van der Waals surface area contributed by atoms with Gasteiger partial charge in [-0.1, -0.05) is 13.8 Å². The topological polar surface area (TPSA) is 37.8 Å². The van der Waals surface area contributed by atoms with E-state index < -0.39 is 12.0 Å². The SMILES string of the molecule is CC(C)Cn1[nH]c(C(F)F)cc1=O. The highest BCUT2D eigenvalue weighted by molar-refractivity contribution is 5.00. The Morgan fingerprint density at radius 2 is 2.15 bits per heavy atom. The first-order valence-corrected chi connectivity index (χ1v) is 4.08. The van der Waals surface area contributed by atoms with E-state index in [1.165, 1.54) is 4.68 Å². The molecule has 0 aliphatic carbocycles. The van der Waals surface area contributed by atoms with Crippen LogP contribution in [0.2, 0.25) is 0 Å². The highest BCUT2D eigenvalue weighted by Gasteiger charge is 2.12. The molecular weight excluding hydrogens is 178 g/mol. The van der Waals surface area contributed by atoms with Gasteiger partial charge in [-0.3, -0.25) is 14.6 Å². The summed E-state index contributed by atoms with van der Waals surface area (Å²) in [7, 11) is 0. The highest BCUT2D eigenvalue weighted by atomic mass is 19.3. The fourth-order valence-corrected chi connectivity index (χ4v) is 1.07. The zero-order valence-electron chi connectivity index (χ0n) is 7.55. The molecule has 3 nitrogen and oxygen atoms in total. The lowest BCUT2D eigenvalue weighted by atomic mass is 10.2. The number of halogens is 2. The van der Waals surface area contributed by atoms with Crippen molar-refractivity contribution in [1.82, 2.24) is 9.78 Å². The van der Waals surface area contributed by atoms with E-state index in [4.69, 9.17) is 0 Å². The molecule has 0 bridgehead atoms. The van der Waals surface area contributed by atoms with Gasteiger partial charge in [0.15, 0.2) is 0 Å². The summed E-state index contributed by atoms with van der Waals surface area (Å²) >= 11 is 0. The Balaban J connectivity index is 2.90. The maximum absolute atomic E-state index is 12.1. The lowest BCUT2D eigenvalue weighted by Gasteiger charge is -2.04. The summed E-state index contributed by atoms with van der Waals surface area (Å²) in [5.74, 6) is 0.252. The molecular formula is C8H12F2N2O. The van der Waals surface area contributed by atoms with Crippen molar-refractivity contribution in [3.05, 3.63) is 22.1 Å². The predicted octanol–water partition coefficient (Wildman–Crippen LogP) is 1.77. The van der Waals surface area contributed by atoms with Crippen LogP contribution in [-0.2, 0) is 6.54 Å². The molecule has 0 aliphatic rings. The van der Waals surface area contributed by atoms with Crippen LogP contribution in [0.4, 0.5) is 8.78 Å². The van der Waals surface area contributed by atoms with Crippen LogP contribution in [0.5, 0.6) is 0 Å². The average Bonchev–Trinajstić information content (AvgIpc) is 2.31. The molecule has 0 spiro atoms. The summed E-state index contributed by atoms with van der Waals surface area (Å²) in [6, 6.07) is 0.938. The minimum Gasteiger partial charge on any atom is -0.294 e. The van der Waals surface area contributed by atoms with Crippen molar-refractivity contribution in [2.45, 2.75) is 26.8 Å². The van der Waals surface area contributed by atoms with Crippen LogP contribution in [0.15, 0.2) is 10.9 Å². The smallest absolute Gasteiger partial charge is 0.279 e. The summed E-state index contributed by atoms with van der Waals surface area (Å²) in [6.45, 7) is 4.26. The Hall–Kier alpha value is -1.13. The molecule has 1 rings (SSSR count). The molecule has 0 saturated carbocycles. The Kier molecular flexibility index (Phi) is 2.85. The van der Waals surface area contributed by atoms with Gasteiger partial charge in [-0.05, 0) is 5.92 Å². The summed E-state index contributed by atoms with van der Waals surface area (Å²) < 4.78 is 25.4. The van der Waals surface area contributed by atoms with Gasteiger partial charge < -0.3 is 0 Å². The van der Waals surface area contributed by atoms with Crippen LogP contribution < -0.4 is 5.56 Å². The van der Waals surface area contributed by atoms with Crippen LogP contribution in [-0.4, -0.2) is 9.78 Å². The third-order valence-corrected chi connectivity index (χ3v) is 1.59. The van der Waals surface area contributed by atoms with Gasteiger partial charge in [0.2, 0.25) is 0 Å². The van der Waals surface area contributed by atoms with Gasteiger partial charge in [0.05, 0.1) is 0 Å². The van der Waals surface area contributed by atoms with E-state index in [1.807, 2.05) is 13.8 Å². The van der Waals surface area contributed by atoms with E-state index in [1.54, 1.807) is 0 Å². The molecule has 1 heterocycles. The highest BCUT2D eigenvalue weighted by Crippen LogP contribution is 2.13. The molecule has 13 heavy (non-hydrogen) atoms. The quantitative estimate of drug-likeness (QED) is 0.774. The van der Waals surface area contributed by atoms with E-state index in [9.17, 15) is 13.6 Å². The first-order chi connectivity index (χ1) is 6.00. The molecule has 0 atom stereocenters. The van der Waals surface area contributed by atoms with Crippen molar-refractivity contribution in [3.63, 3.8) is 0 Å². The normalized spacial score (nSPS) is 11.5. The van der Waals surface area contributed by atoms with E-state index >= 15 is 0 Å². The van der Waals surface area contributed by atoms with Crippen LogP contribution >= 0.6 is 0 Å². The fraction of sp³-hybridized carbons (Fsp3) is 0.625. The maximum atomic E-state index is 12.1. The van der Waals surface area contributed by atoms with Gasteiger partial charge in [0, 0.05) is 12.6 Å². The van der Waals surface area contributed by atoms with Crippen LogP contribution in [0.3, 0.4) is 0 Å². The summed E-state index contributed by atoms with van der Waals surface area (Å²) in [5, 5.41) is 2.37. The Morgan fingerprint density at radius 3 is 2.54 bits per heavy atom. The number of rotatable bonds is 3. The van der Waals surface area contributed by atoms with E-state index in [0.717, 1.165) is 6.07 Å². The van der Waals surface area contributed by atoms with E-state index in [-0.39, 0.29) is 11.6 Å². The molecule has 1 N–H and O–H groups in total. The Labute approximate surface area is 74.4 Å². The average molecular weight is 190 g/mol. The summed E-state index contributed by atoms with van der Waals surface area (Å²) in [4.78, 5) is 11.1. The first-order valence-electron chi connectivity index (χ1n) is 4.08. The molecule has 0 unspecified atom stereocenters. The molecule has 0 saturated heterocycles. The molecule has 74 valence electrons. The van der Waals surface area contributed by atoms with Gasteiger partial charge in [-0.2, -0.15) is 0 Å². The molecule has 0 radical (unpaired) electrons. The minimum absolute atomic E-state index is 0.252. The van der Waals surface area contributed by atoms with Crippen LogP contribution in [0.1, 0.15) is 26.0 Å². The standard InChI is InChI=1S/C8H12F2N2O/c1-5(2)4-12-7(13)3-6(11-12)8(9)10/h3,5,8,11H,4H2,1-2H3. The van der Waals surface area contributed by atoms with Crippen molar-refractivity contribution in [3.8, 4) is 0 Å². The molecule has 0 amide bonds. The van der Waals surface area contributed by atoms with Crippen molar-refractivity contribution in [2.75, 3.05) is 0 Å². The molecule has 1 aromatic heterocycles. The first kappa shape index (κ1) is 9.95. The largest absolute Gasteiger partial charge is 0.294 e. The van der Waals surface area contributed by atoms with Crippen LogP contribution in [0.25, 0.3) is 0 Å². The number of hydrogen-bond donors (Lipinski definition) is 1. The molecule has 5 heteroatoms. The summed E-state index contributed by atoms with van der Waals surface area (Å²) in [6.07, 6.45) is -2.61. The maximum Gasteiger partial charge on any atom is 0.279 e. The second kappa shape index (κ2) is 3.72. The number of nitrogens with one attached hydrogen (secondary N) is 1. The van der Waals surface area contributed by atoms with Crippen molar-refractivity contribution in [1.29, 1.82) is 0 Å². The number of aromatic amines is 1. The van der Waals surface area contributed by atoms with E-state index in [2.05, 4.69) is 5.10 Å². The molecule has 0 aromatic carbocycles. The second-order valence-electron chi connectivity index (χ2n) is 3.35. The molecule has 1 aromatic rings. The number of alkyl halides is 2. The number of H-pyrrole nitrogens is 1. The van der Waals surface area contributed by atoms with Crippen LogP contribution in [0, 0.1) is 5.92 Å². The third-order valence-electron chi connectivity index (χ3n) is 1.59. The van der Waals surface area contributed by atoms with Crippen molar-refractivity contribution >= 4 is 0 Å². The second-order valence-corrected chi connectivity index (χ2v) is 3.35. The van der Waals surface area contributed by atoms with Crippen molar-refractivity contribution < 1.29 is 8.78 Å². The van der Waals surface area contributed by atoms with Gasteiger partial charge in [-0.25, -0.2) is 8.78 Å². The van der Waals surface area contributed by atoms with Crippen molar-refractivity contribution in [2.24, 2.45) is 5.92 Å². The Bertz CT molecular complexity index is 327. The third kappa shape index (κ3) is 2.40. The van der Waals surface area contributed by atoms with Gasteiger partial charge in [-0.15, -0.1) is 0 Å². The lowest BCUT2D eigenvalue weighted by molar-refractivity contribution is 0.144. The fourth-order valence-electron chi connectivity index (χ4n) is 1.07. The summed E-state index contributed by atoms with van der Waals surface area (Å²) in [5.41, 5.74) is -0.713. The molecule has 0 fully saturated rings. The number of aromatic nitrogens is 2.